The van der Waals surface area contributed by atoms with E-state index in [0.717, 1.165) is 5.57 Å². The third-order valence-electron chi connectivity index (χ3n) is 1.33. The zero-order chi connectivity index (χ0) is 8.10. The lowest BCUT2D eigenvalue weighted by Gasteiger charge is -1.93. The predicted molar refractivity (Wildman–Crippen MR) is 58.7 cm³/mol. The summed E-state index contributed by atoms with van der Waals surface area (Å²) in [6.45, 7) is 3.71. The molecule has 1 aliphatic rings. The molecule has 56 valence electrons. The summed E-state index contributed by atoms with van der Waals surface area (Å²) in [6, 6.07) is 0. The molecule has 0 radical (unpaired) electrons. The molecule has 0 nitrogen and oxygen atoms in total. The molecule has 0 unspecified atom stereocenters. The molecule has 0 saturated heterocycles. The Labute approximate surface area is 80.8 Å². The molecule has 0 saturated carbocycles. The lowest BCUT2D eigenvalue weighted by Crippen LogP contribution is -1.72. The summed E-state index contributed by atoms with van der Waals surface area (Å²) in [6.07, 6.45) is 14.1. The van der Waals surface area contributed by atoms with Crippen molar-refractivity contribution in [2.45, 2.75) is 0 Å². The van der Waals surface area contributed by atoms with E-state index in [9.17, 15) is 0 Å². The molecule has 0 N–H and O–H groups in total. The molecule has 0 spiro atoms. The smallest absolute Gasteiger partial charge is 0.0130 e. The van der Waals surface area contributed by atoms with E-state index >= 15 is 0 Å². The van der Waals surface area contributed by atoms with Gasteiger partial charge in [-0.2, -0.15) is 0 Å². The lowest BCUT2D eigenvalue weighted by atomic mass is 10.2. The maximum atomic E-state index is 3.71. The first-order valence-electron chi connectivity index (χ1n) is 3.37. The first-order valence-corrected chi connectivity index (χ1v) is 4.45. The molecule has 0 aromatic rings. The van der Waals surface area contributed by atoms with Crippen molar-refractivity contribution in [3.63, 3.8) is 0 Å². The van der Waals surface area contributed by atoms with Crippen LogP contribution >= 0.6 is 22.6 Å². The fourth-order valence-electron chi connectivity index (χ4n) is 0.737. The van der Waals surface area contributed by atoms with Gasteiger partial charge in [0, 0.05) is 3.58 Å². The van der Waals surface area contributed by atoms with Gasteiger partial charge in [0.1, 0.15) is 0 Å². The van der Waals surface area contributed by atoms with E-state index in [1.165, 1.54) is 3.58 Å². The summed E-state index contributed by atoms with van der Waals surface area (Å²) in [7, 11) is 0. The quantitative estimate of drug-likeness (QED) is 0.629. The molecule has 0 amide bonds. The fraction of sp³-hybridized carbons (Fsp3) is 0. The highest BCUT2D eigenvalue weighted by atomic mass is 127. The van der Waals surface area contributed by atoms with Crippen LogP contribution in [0.25, 0.3) is 0 Å². The van der Waals surface area contributed by atoms with Crippen molar-refractivity contribution in [2.24, 2.45) is 0 Å². The summed E-state index contributed by atoms with van der Waals surface area (Å²) in [5, 5.41) is 0. The van der Waals surface area contributed by atoms with E-state index in [0.29, 0.717) is 0 Å². The number of hydrogen-bond donors (Lipinski definition) is 0. The Balaban J connectivity index is 2.89. The molecule has 0 atom stereocenters. The zero-order valence-corrected chi connectivity index (χ0v) is 8.28. The monoisotopic (exact) mass is 256 g/mol. The van der Waals surface area contributed by atoms with Crippen LogP contribution in [0.3, 0.4) is 0 Å². The molecule has 0 aromatic carbocycles. The third-order valence-corrected chi connectivity index (χ3v) is 2.05. The van der Waals surface area contributed by atoms with Crippen LogP contribution in [-0.4, -0.2) is 0 Å². The molecule has 1 rings (SSSR count). The molecule has 11 heavy (non-hydrogen) atoms. The number of hydrogen-bond acceptors (Lipinski definition) is 0. The summed E-state index contributed by atoms with van der Waals surface area (Å²) in [4.78, 5) is 0. The average molecular weight is 256 g/mol. The van der Waals surface area contributed by atoms with Gasteiger partial charge < -0.3 is 0 Å². The number of allylic oxidation sites excluding steroid dienone is 9. The maximum Gasteiger partial charge on any atom is 0.0130 e. The van der Waals surface area contributed by atoms with Gasteiger partial charge in [-0.3, -0.25) is 0 Å². The molecular weight excluding hydrogens is 247 g/mol. The minimum absolute atomic E-state index is 1.14. The van der Waals surface area contributed by atoms with E-state index in [1.807, 2.05) is 24.3 Å². The van der Waals surface area contributed by atoms with Gasteiger partial charge in [-0.15, -0.1) is 0 Å². The van der Waals surface area contributed by atoms with Crippen LogP contribution in [0.1, 0.15) is 0 Å². The Bertz CT molecular complexity index is 265. The van der Waals surface area contributed by atoms with Gasteiger partial charge in [0.2, 0.25) is 0 Å². The van der Waals surface area contributed by atoms with E-state index in [-0.39, 0.29) is 0 Å². The molecule has 1 heteroatoms. The SMILES string of the molecule is C=CC1=C/C=C\C=C(I)/C=C\1. The average Bonchev–Trinajstić information content (AvgIpc) is 1.98. The maximum absolute atomic E-state index is 3.71. The minimum Gasteiger partial charge on any atom is -0.0985 e. The Morgan fingerprint density at radius 3 is 2.64 bits per heavy atom. The second-order valence-electron chi connectivity index (χ2n) is 2.14. The molecule has 0 fully saturated rings. The predicted octanol–water partition coefficient (Wildman–Crippen LogP) is 3.54. The van der Waals surface area contributed by atoms with Gasteiger partial charge in [-0.1, -0.05) is 37.0 Å². The van der Waals surface area contributed by atoms with E-state index in [4.69, 9.17) is 0 Å². The summed E-state index contributed by atoms with van der Waals surface area (Å²) in [5.41, 5.74) is 1.14. The van der Waals surface area contributed by atoms with Crippen LogP contribution in [0.2, 0.25) is 0 Å². The van der Waals surface area contributed by atoms with Crippen molar-refractivity contribution < 1.29 is 0 Å². The van der Waals surface area contributed by atoms with Crippen LogP contribution in [0, 0.1) is 0 Å². The zero-order valence-electron chi connectivity index (χ0n) is 6.13. The van der Waals surface area contributed by atoms with Gasteiger partial charge >= 0.3 is 0 Å². The largest absolute Gasteiger partial charge is 0.0985 e. The summed E-state index contributed by atoms with van der Waals surface area (Å²) < 4.78 is 1.23. The van der Waals surface area contributed by atoms with Crippen LogP contribution in [-0.2, 0) is 0 Å². The van der Waals surface area contributed by atoms with Crippen LogP contribution < -0.4 is 0 Å². The Morgan fingerprint density at radius 1 is 1.18 bits per heavy atom. The molecule has 0 aromatic heterocycles. The fourth-order valence-corrected chi connectivity index (χ4v) is 1.12. The van der Waals surface area contributed by atoms with Gasteiger partial charge in [-0.25, -0.2) is 0 Å². The second kappa shape index (κ2) is 4.34. The van der Waals surface area contributed by atoms with Crippen molar-refractivity contribution in [3.05, 3.63) is 58.3 Å². The van der Waals surface area contributed by atoms with E-state index < -0.39 is 0 Å². The normalized spacial score (nSPS) is 31.7. The van der Waals surface area contributed by atoms with Crippen molar-refractivity contribution in [1.29, 1.82) is 0 Å². The summed E-state index contributed by atoms with van der Waals surface area (Å²) >= 11 is 2.29. The Morgan fingerprint density at radius 2 is 1.91 bits per heavy atom. The van der Waals surface area contributed by atoms with Crippen molar-refractivity contribution in [2.75, 3.05) is 0 Å². The van der Waals surface area contributed by atoms with Gasteiger partial charge in [0.15, 0.2) is 0 Å². The van der Waals surface area contributed by atoms with Crippen LogP contribution in [0.15, 0.2) is 58.3 Å². The van der Waals surface area contributed by atoms with Crippen LogP contribution in [0.5, 0.6) is 0 Å². The van der Waals surface area contributed by atoms with Gasteiger partial charge in [0.25, 0.3) is 0 Å². The topological polar surface area (TPSA) is 0 Å². The van der Waals surface area contributed by atoms with Gasteiger partial charge in [-0.05, 0) is 40.3 Å². The first kappa shape index (κ1) is 8.53. The molecule has 0 heterocycles. The first-order chi connectivity index (χ1) is 5.33. The van der Waals surface area contributed by atoms with E-state index in [1.54, 1.807) is 0 Å². The van der Waals surface area contributed by atoms with Crippen LogP contribution in [0.4, 0.5) is 0 Å². The molecular formula is C10H9I. The highest BCUT2D eigenvalue weighted by Gasteiger charge is 1.86. The third kappa shape index (κ3) is 2.89. The lowest BCUT2D eigenvalue weighted by molar-refractivity contribution is 1.67. The van der Waals surface area contributed by atoms with Crippen molar-refractivity contribution in [1.82, 2.24) is 0 Å². The highest BCUT2D eigenvalue weighted by Crippen LogP contribution is 2.12. The molecule has 0 bridgehead atoms. The van der Waals surface area contributed by atoms with Gasteiger partial charge in [0.05, 0.1) is 0 Å². The molecule has 0 aliphatic heterocycles. The van der Waals surface area contributed by atoms with E-state index in [2.05, 4.69) is 47.4 Å². The Kier molecular flexibility index (Phi) is 3.36. The second-order valence-corrected chi connectivity index (χ2v) is 3.39. The molecule has 1 aliphatic carbocycles. The highest BCUT2D eigenvalue weighted by molar-refractivity contribution is 14.1. The minimum atomic E-state index is 1.14. The number of rotatable bonds is 1. The van der Waals surface area contributed by atoms with Crippen molar-refractivity contribution in [3.8, 4) is 0 Å². The summed E-state index contributed by atoms with van der Waals surface area (Å²) in [5.74, 6) is 0. The Hall–Kier alpha value is -0.570. The number of halogens is 1. The standard InChI is InChI=1S/C10H9I/c1-2-9-5-3-4-6-10(11)8-7-9/h2-8H,1H2/b4-3-,5-3?,6-4?,8-7-,9-5-,9-7?,10-6+,10-8?. The van der Waals surface area contributed by atoms with Crippen molar-refractivity contribution >= 4 is 22.6 Å².